The second-order valence-corrected chi connectivity index (χ2v) is 3.63. The summed E-state index contributed by atoms with van der Waals surface area (Å²) < 4.78 is 11.2. The van der Waals surface area contributed by atoms with Crippen LogP contribution in [-0.2, 0) is 9.47 Å². The van der Waals surface area contributed by atoms with Gasteiger partial charge in [0.05, 0.1) is 6.10 Å². The van der Waals surface area contributed by atoms with Gasteiger partial charge in [-0.25, -0.2) is 0 Å². The monoisotopic (exact) mass is 188 g/mol. The van der Waals surface area contributed by atoms with Crippen LogP contribution in [-0.4, -0.2) is 19.0 Å². The van der Waals surface area contributed by atoms with Crippen molar-refractivity contribution in [1.82, 2.24) is 0 Å². The molecule has 2 nitrogen and oxygen atoms in total. The molecule has 0 radical (unpaired) electrons. The van der Waals surface area contributed by atoms with Crippen molar-refractivity contribution in [3.63, 3.8) is 0 Å². The second kappa shape index (κ2) is 8.52. The fourth-order valence-corrected chi connectivity index (χ4v) is 1.09. The summed E-state index contributed by atoms with van der Waals surface area (Å²) in [4.78, 5) is 0. The Balaban J connectivity index is 3.53. The van der Waals surface area contributed by atoms with Crippen molar-refractivity contribution in [2.75, 3.05) is 6.61 Å². The van der Waals surface area contributed by atoms with Crippen molar-refractivity contribution in [2.45, 2.75) is 65.8 Å². The molecule has 0 saturated carbocycles. The Bertz CT molecular complexity index is 102. The zero-order valence-electron chi connectivity index (χ0n) is 9.51. The molecule has 80 valence electrons. The van der Waals surface area contributed by atoms with Crippen LogP contribution in [0, 0.1) is 0 Å². The highest BCUT2D eigenvalue weighted by atomic mass is 16.7. The molecule has 0 aliphatic rings. The number of hydrogen-bond donors (Lipinski definition) is 0. The van der Waals surface area contributed by atoms with Gasteiger partial charge in [-0.2, -0.15) is 0 Å². The molecule has 13 heavy (non-hydrogen) atoms. The Hall–Kier alpha value is -0.0800. The molecule has 0 aromatic carbocycles. The SMILES string of the molecule is CCCCOC(CCC)OC(C)C. The van der Waals surface area contributed by atoms with Crippen LogP contribution in [0.15, 0.2) is 0 Å². The van der Waals surface area contributed by atoms with Gasteiger partial charge in [-0.05, 0) is 26.7 Å². The van der Waals surface area contributed by atoms with Crippen LogP contribution in [0.5, 0.6) is 0 Å². The normalized spacial score (nSPS) is 13.6. The first kappa shape index (κ1) is 12.9. The van der Waals surface area contributed by atoms with Gasteiger partial charge in [-0.3, -0.25) is 0 Å². The third-order valence-corrected chi connectivity index (χ3v) is 1.75. The molecule has 1 unspecified atom stereocenters. The number of unbranched alkanes of at least 4 members (excludes halogenated alkanes) is 1. The first-order valence-electron chi connectivity index (χ1n) is 5.47. The smallest absolute Gasteiger partial charge is 0.157 e. The van der Waals surface area contributed by atoms with E-state index in [4.69, 9.17) is 9.47 Å². The van der Waals surface area contributed by atoms with E-state index < -0.39 is 0 Å². The molecule has 2 heteroatoms. The fourth-order valence-electron chi connectivity index (χ4n) is 1.09. The van der Waals surface area contributed by atoms with Gasteiger partial charge in [-0.15, -0.1) is 0 Å². The minimum Gasteiger partial charge on any atom is -0.353 e. The van der Waals surface area contributed by atoms with E-state index in [0.717, 1.165) is 25.9 Å². The van der Waals surface area contributed by atoms with Crippen LogP contribution in [0.1, 0.15) is 53.4 Å². The summed E-state index contributed by atoms with van der Waals surface area (Å²) in [5, 5.41) is 0. The van der Waals surface area contributed by atoms with E-state index in [1.54, 1.807) is 0 Å². The van der Waals surface area contributed by atoms with Gasteiger partial charge in [0.15, 0.2) is 6.29 Å². The first-order valence-corrected chi connectivity index (χ1v) is 5.47. The molecule has 0 aromatic rings. The lowest BCUT2D eigenvalue weighted by Gasteiger charge is -2.20. The molecular formula is C11H24O2. The van der Waals surface area contributed by atoms with Gasteiger partial charge in [0.1, 0.15) is 0 Å². The van der Waals surface area contributed by atoms with Crippen LogP contribution in [0.4, 0.5) is 0 Å². The minimum absolute atomic E-state index is 0.0107. The first-order chi connectivity index (χ1) is 6.20. The summed E-state index contributed by atoms with van der Waals surface area (Å²) >= 11 is 0. The quantitative estimate of drug-likeness (QED) is 0.429. The van der Waals surface area contributed by atoms with Gasteiger partial charge in [0.25, 0.3) is 0 Å². The molecule has 0 saturated heterocycles. The maximum atomic E-state index is 5.62. The summed E-state index contributed by atoms with van der Waals surface area (Å²) in [5.74, 6) is 0. The van der Waals surface area contributed by atoms with Crippen molar-refractivity contribution in [3.8, 4) is 0 Å². The highest BCUT2D eigenvalue weighted by Gasteiger charge is 2.09. The predicted molar refractivity (Wildman–Crippen MR) is 55.8 cm³/mol. The summed E-state index contributed by atoms with van der Waals surface area (Å²) in [6.45, 7) is 9.24. The van der Waals surface area contributed by atoms with Gasteiger partial charge >= 0.3 is 0 Å². The van der Waals surface area contributed by atoms with Crippen LogP contribution >= 0.6 is 0 Å². The summed E-state index contributed by atoms with van der Waals surface area (Å²) in [7, 11) is 0. The molecule has 0 aliphatic heterocycles. The topological polar surface area (TPSA) is 18.5 Å². The Kier molecular flexibility index (Phi) is 8.46. The van der Waals surface area contributed by atoms with E-state index in [1.807, 2.05) is 13.8 Å². The molecule has 0 spiro atoms. The van der Waals surface area contributed by atoms with Crippen molar-refractivity contribution in [2.24, 2.45) is 0 Å². The van der Waals surface area contributed by atoms with Gasteiger partial charge in [0, 0.05) is 6.61 Å². The van der Waals surface area contributed by atoms with Crippen LogP contribution in [0.3, 0.4) is 0 Å². The van der Waals surface area contributed by atoms with Crippen molar-refractivity contribution < 1.29 is 9.47 Å². The molecule has 0 bridgehead atoms. The van der Waals surface area contributed by atoms with E-state index in [2.05, 4.69) is 13.8 Å². The number of hydrogen-bond acceptors (Lipinski definition) is 2. The highest BCUT2D eigenvalue weighted by Crippen LogP contribution is 2.08. The Morgan fingerprint density at radius 3 is 2.23 bits per heavy atom. The molecule has 0 aromatic heterocycles. The number of rotatable bonds is 8. The average molecular weight is 188 g/mol. The second-order valence-electron chi connectivity index (χ2n) is 3.63. The molecule has 1 atom stereocenters. The van der Waals surface area contributed by atoms with Crippen LogP contribution in [0.25, 0.3) is 0 Å². The third kappa shape index (κ3) is 8.26. The molecular weight excluding hydrogens is 164 g/mol. The van der Waals surface area contributed by atoms with Gasteiger partial charge in [-0.1, -0.05) is 26.7 Å². The van der Waals surface area contributed by atoms with E-state index in [1.165, 1.54) is 6.42 Å². The summed E-state index contributed by atoms with van der Waals surface area (Å²) in [5.41, 5.74) is 0. The predicted octanol–water partition coefficient (Wildman–Crippen LogP) is 3.35. The van der Waals surface area contributed by atoms with E-state index in [-0.39, 0.29) is 12.4 Å². The van der Waals surface area contributed by atoms with E-state index >= 15 is 0 Å². The van der Waals surface area contributed by atoms with E-state index in [9.17, 15) is 0 Å². The molecule has 0 heterocycles. The molecule has 0 aliphatic carbocycles. The van der Waals surface area contributed by atoms with E-state index in [0.29, 0.717) is 0 Å². The Labute approximate surface area is 82.6 Å². The summed E-state index contributed by atoms with van der Waals surface area (Å²) in [6.07, 6.45) is 4.70. The maximum Gasteiger partial charge on any atom is 0.157 e. The van der Waals surface area contributed by atoms with Crippen molar-refractivity contribution in [1.29, 1.82) is 0 Å². The lowest BCUT2D eigenvalue weighted by Crippen LogP contribution is -2.21. The van der Waals surface area contributed by atoms with Crippen molar-refractivity contribution in [3.05, 3.63) is 0 Å². The van der Waals surface area contributed by atoms with Crippen LogP contribution in [0.2, 0.25) is 0 Å². The molecule has 0 fully saturated rings. The Morgan fingerprint density at radius 1 is 1.08 bits per heavy atom. The zero-order chi connectivity index (χ0) is 10.1. The zero-order valence-corrected chi connectivity index (χ0v) is 9.51. The lowest BCUT2D eigenvalue weighted by atomic mass is 10.3. The fraction of sp³-hybridized carbons (Fsp3) is 1.00. The minimum atomic E-state index is 0.0107. The highest BCUT2D eigenvalue weighted by molar-refractivity contribution is 4.47. The van der Waals surface area contributed by atoms with Crippen molar-refractivity contribution >= 4 is 0 Å². The number of ether oxygens (including phenoxy) is 2. The summed E-state index contributed by atoms with van der Waals surface area (Å²) in [6, 6.07) is 0. The standard InChI is InChI=1S/C11H24O2/c1-5-7-9-12-11(8-6-2)13-10(3)4/h10-11H,5-9H2,1-4H3. The Morgan fingerprint density at radius 2 is 1.77 bits per heavy atom. The molecule has 0 rings (SSSR count). The maximum absolute atomic E-state index is 5.62. The third-order valence-electron chi connectivity index (χ3n) is 1.75. The van der Waals surface area contributed by atoms with Crippen LogP contribution < -0.4 is 0 Å². The average Bonchev–Trinajstić information content (AvgIpc) is 2.04. The lowest BCUT2D eigenvalue weighted by molar-refractivity contribution is -0.166. The van der Waals surface area contributed by atoms with Gasteiger partial charge in [0.2, 0.25) is 0 Å². The molecule has 0 amide bonds. The molecule has 0 N–H and O–H groups in total. The van der Waals surface area contributed by atoms with Gasteiger partial charge < -0.3 is 9.47 Å². The largest absolute Gasteiger partial charge is 0.353 e.